The van der Waals surface area contributed by atoms with Crippen LogP contribution in [0.4, 0.5) is 0 Å². The van der Waals surface area contributed by atoms with Crippen LogP contribution in [0.3, 0.4) is 0 Å². The Morgan fingerprint density at radius 3 is 2.10 bits per heavy atom. The first-order chi connectivity index (χ1) is 9.71. The van der Waals surface area contributed by atoms with Gasteiger partial charge in [-0.3, -0.25) is 11.3 Å². The molecule has 0 aliphatic rings. The highest BCUT2D eigenvalue weighted by molar-refractivity contribution is 5.51. The van der Waals surface area contributed by atoms with Crippen molar-refractivity contribution in [2.24, 2.45) is 5.84 Å². The summed E-state index contributed by atoms with van der Waals surface area (Å²) in [6.07, 6.45) is 1.72. The molecule has 6 nitrogen and oxygen atoms in total. The van der Waals surface area contributed by atoms with E-state index in [1.807, 2.05) is 6.07 Å². The number of hydrogen-bond donors (Lipinski definition) is 2. The SMILES string of the molecule is COCCCC(NN)c1cc(OC)c(OC)cc1OC. The number of ether oxygens (including phenoxy) is 4. The van der Waals surface area contributed by atoms with Crippen LogP contribution in [0.15, 0.2) is 12.1 Å². The molecule has 0 bridgehead atoms. The summed E-state index contributed by atoms with van der Waals surface area (Å²) >= 11 is 0. The van der Waals surface area contributed by atoms with Crippen molar-refractivity contribution in [3.8, 4) is 17.2 Å². The Bertz CT molecular complexity index is 412. The minimum absolute atomic E-state index is 0.0418. The summed E-state index contributed by atoms with van der Waals surface area (Å²) in [6.45, 7) is 0.688. The van der Waals surface area contributed by atoms with Crippen LogP contribution in [0.1, 0.15) is 24.4 Å². The molecule has 1 rings (SSSR count). The summed E-state index contributed by atoms with van der Waals surface area (Å²) in [5.74, 6) is 7.64. The Balaban J connectivity index is 3.05. The van der Waals surface area contributed by atoms with Crippen LogP contribution in [-0.4, -0.2) is 35.0 Å². The molecule has 1 aromatic rings. The molecule has 0 aliphatic heterocycles. The Kier molecular flexibility index (Phi) is 7.14. The summed E-state index contributed by atoms with van der Waals surface area (Å²) in [6, 6.07) is 3.64. The zero-order valence-corrected chi connectivity index (χ0v) is 12.6. The average Bonchev–Trinajstić information content (AvgIpc) is 2.50. The molecule has 20 heavy (non-hydrogen) atoms. The van der Waals surface area contributed by atoms with Crippen LogP contribution < -0.4 is 25.5 Å². The van der Waals surface area contributed by atoms with Gasteiger partial charge in [-0.05, 0) is 18.9 Å². The van der Waals surface area contributed by atoms with Gasteiger partial charge in [0.25, 0.3) is 0 Å². The Labute approximate surface area is 120 Å². The summed E-state index contributed by atoms with van der Waals surface area (Å²) in [4.78, 5) is 0. The Morgan fingerprint density at radius 2 is 1.60 bits per heavy atom. The molecule has 0 heterocycles. The predicted molar refractivity (Wildman–Crippen MR) is 77.3 cm³/mol. The van der Waals surface area contributed by atoms with E-state index in [9.17, 15) is 0 Å². The fourth-order valence-electron chi connectivity index (χ4n) is 2.09. The van der Waals surface area contributed by atoms with Crippen LogP contribution in [0, 0.1) is 0 Å². The molecule has 0 saturated heterocycles. The van der Waals surface area contributed by atoms with Crippen LogP contribution in [0.2, 0.25) is 0 Å². The molecular weight excluding hydrogens is 260 g/mol. The normalized spacial score (nSPS) is 12.1. The van der Waals surface area contributed by atoms with Crippen LogP contribution in [0.25, 0.3) is 0 Å². The molecule has 1 aromatic carbocycles. The zero-order chi connectivity index (χ0) is 15.0. The van der Waals surface area contributed by atoms with E-state index in [-0.39, 0.29) is 6.04 Å². The van der Waals surface area contributed by atoms with Gasteiger partial charge in [-0.1, -0.05) is 0 Å². The standard InChI is InChI=1S/C14H24N2O4/c1-17-7-5-6-11(16-15)10-8-13(19-3)14(20-4)9-12(10)18-2/h8-9,11,16H,5-7,15H2,1-4H3. The van der Waals surface area contributed by atoms with E-state index in [4.69, 9.17) is 24.8 Å². The van der Waals surface area contributed by atoms with Crippen molar-refractivity contribution in [2.45, 2.75) is 18.9 Å². The average molecular weight is 284 g/mol. The Morgan fingerprint density at radius 1 is 1.00 bits per heavy atom. The summed E-state index contributed by atoms with van der Waals surface area (Å²) in [5.41, 5.74) is 3.74. The van der Waals surface area contributed by atoms with E-state index >= 15 is 0 Å². The minimum atomic E-state index is -0.0418. The van der Waals surface area contributed by atoms with Gasteiger partial charge in [0.2, 0.25) is 0 Å². The van der Waals surface area contributed by atoms with E-state index in [1.165, 1.54) is 0 Å². The van der Waals surface area contributed by atoms with Gasteiger partial charge in [-0.2, -0.15) is 0 Å². The fraction of sp³-hybridized carbons (Fsp3) is 0.571. The largest absolute Gasteiger partial charge is 0.496 e. The highest BCUT2D eigenvalue weighted by atomic mass is 16.5. The number of benzene rings is 1. The molecule has 0 aliphatic carbocycles. The highest BCUT2D eigenvalue weighted by Gasteiger charge is 2.18. The second kappa shape index (κ2) is 8.63. The molecule has 0 aromatic heterocycles. The van der Waals surface area contributed by atoms with E-state index in [0.717, 1.165) is 18.4 Å². The van der Waals surface area contributed by atoms with E-state index in [0.29, 0.717) is 23.9 Å². The first-order valence-corrected chi connectivity index (χ1v) is 6.46. The highest BCUT2D eigenvalue weighted by Crippen LogP contribution is 2.38. The first kappa shape index (κ1) is 16.6. The lowest BCUT2D eigenvalue weighted by Gasteiger charge is -2.21. The summed E-state index contributed by atoms with van der Waals surface area (Å²) < 4.78 is 21.1. The number of hydrogen-bond acceptors (Lipinski definition) is 6. The van der Waals surface area contributed by atoms with Crippen molar-refractivity contribution in [1.29, 1.82) is 0 Å². The van der Waals surface area contributed by atoms with Gasteiger partial charge in [-0.15, -0.1) is 0 Å². The first-order valence-electron chi connectivity index (χ1n) is 6.46. The van der Waals surface area contributed by atoms with Gasteiger partial charge in [0.05, 0.1) is 21.3 Å². The lowest BCUT2D eigenvalue weighted by molar-refractivity contribution is 0.188. The maximum absolute atomic E-state index is 5.65. The van der Waals surface area contributed by atoms with Crippen molar-refractivity contribution >= 4 is 0 Å². The molecule has 0 fully saturated rings. The predicted octanol–water partition coefficient (Wildman–Crippen LogP) is 1.64. The van der Waals surface area contributed by atoms with Gasteiger partial charge in [0.15, 0.2) is 11.5 Å². The molecule has 0 saturated carbocycles. The Hall–Kier alpha value is -1.50. The molecule has 1 unspecified atom stereocenters. The van der Waals surface area contributed by atoms with Crippen molar-refractivity contribution in [3.05, 3.63) is 17.7 Å². The molecule has 114 valence electrons. The van der Waals surface area contributed by atoms with Crippen molar-refractivity contribution in [2.75, 3.05) is 35.0 Å². The van der Waals surface area contributed by atoms with E-state index in [2.05, 4.69) is 5.43 Å². The number of rotatable bonds is 9. The third-order valence-electron chi connectivity index (χ3n) is 3.15. The second-order valence-electron chi connectivity index (χ2n) is 4.30. The molecule has 1 atom stereocenters. The molecular formula is C14H24N2O4. The maximum atomic E-state index is 5.65. The van der Waals surface area contributed by atoms with E-state index < -0.39 is 0 Å². The van der Waals surface area contributed by atoms with Gasteiger partial charge < -0.3 is 18.9 Å². The molecule has 3 N–H and O–H groups in total. The van der Waals surface area contributed by atoms with Gasteiger partial charge in [0, 0.05) is 31.4 Å². The fourth-order valence-corrected chi connectivity index (χ4v) is 2.09. The topological polar surface area (TPSA) is 75.0 Å². The second-order valence-corrected chi connectivity index (χ2v) is 4.30. The summed E-state index contributed by atoms with van der Waals surface area (Å²) in [5, 5.41) is 0. The van der Waals surface area contributed by atoms with E-state index in [1.54, 1.807) is 34.5 Å². The monoisotopic (exact) mass is 284 g/mol. The lowest BCUT2D eigenvalue weighted by Crippen LogP contribution is -2.28. The van der Waals surface area contributed by atoms with Crippen molar-refractivity contribution in [1.82, 2.24) is 5.43 Å². The molecule has 6 heteroatoms. The molecule has 0 spiro atoms. The summed E-state index contributed by atoms with van der Waals surface area (Å²) in [7, 11) is 6.49. The number of nitrogens with two attached hydrogens (primary N) is 1. The van der Waals surface area contributed by atoms with Crippen LogP contribution >= 0.6 is 0 Å². The lowest BCUT2D eigenvalue weighted by atomic mass is 10.0. The smallest absolute Gasteiger partial charge is 0.164 e. The van der Waals surface area contributed by atoms with Crippen molar-refractivity contribution in [3.63, 3.8) is 0 Å². The quantitative estimate of drug-likeness (QED) is 0.408. The minimum Gasteiger partial charge on any atom is -0.496 e. The van der Waals surface area contributed by atoms with Gasteiger partial charge in [-0.25, -0.2) is 0 Å². The zero-order valence-electron chi connectivity index (χ0n) is 12.6. The third-order valence-corrected chi connectivity index (χ3v) is 3.15. The van der Waals surface area contributed by atoms with Crippen molar-refractivity contribution < 1.29 is 18.9 Å². The number of nitrogens with one attached hydrogen (secondary N) is 1. The van der Waals surface area contributed by atoms with Crippen LogP contribution in [0.5, 0.6) is 17.2 Å². The number of hydrazine groups is 1. The van der Waals surface area contributed by atoms with Crippen LogP contribution in [-0.2, 0) is 4.74 Å². The third kappa shape index (κ3) is 4.00. The molecule has 0 amide bonds. The maximum Gasteiger partial charge on any atom is 0.164 e. The van der Waals surface area contributed by atoms with Gasteiger partial charge >= 0.3 is 0 Å². The molecule has 0 radical (unpaired) electrons. The number of methoxy groups -OCH3 is 4. The van der Waals surface area contributed by atoms with Gasteiger partial charge in [0.1, 0.15) is 5.75 Å².